The van der Waals surface area contributed by atoms with Gasteiger partial charge in [0.25, 0.3) is 0 Å². The van der Waals surface area contributed by atoms with Gasteiger partial charge in [0.15, 0.2) is 0 Å². The Kier molecular flexibility index (Phi) is 4.41. The van der Waals surface area contributed by atoms with Crippen LogP contribution in [-0.4, -0.2) is 41.4 Å². The highest BCUT2D eigenvalue weighted by Crippen LogP contribution is 2.31. The van der Waals surface area contributed by atoms with Crippen LogP contribution < -0.4 is 5.73 Å². The van der Waals surface area contributed by atoms with Crippen LogP contribution in [0.4, 0.5) is 5.69 Å². The smallest absolute Gasteiger partial charge is 0.337 e. The molecular weight excluding hydrogens is 340 g/mol. The summed E-state index contributed by atoms with van der Waals surface area (Å²) in [5.41, 5.74) is 12.5. The number of carbonyl (C=O) groups is 1. The van der Waals surface area contributed by atoms with Crippen molar-refractivity contribution < 1.29 is 9.53 Å². The second-order valence-corrected chi connectivity index (χ2v) is 6.83. The molecule has 1 aliphatic heterocycles. The lowest BCUT2D eigenvalue weighted by molar-refractivity contribution is 0.0600. The third-order valence-electron chi connectivity index (χ3n) is 4.97. The van der Waals surface area contributed by atoms with Crippen molar-refractivity contribution >= 4 is 11.7 Å². The first-order valence-corrected chi connectivity index (χ1v) is 8.91. The number of hydrogen-bond donors (Lipinski definition) is 1. The van der Waals surface area contributed by atoms with Crippen LogP contribution in [0.1, 0.15) is 21.6 Å². The molecule has 2 aromatic carbocycles. The summed E-state index contributed by atoms with van der Waals surface area (Å²) in [6, 6.07) is 15.2. The van der Waals surface area contributed by atoms with Gasteiger partial charge in [-0.15, -0.1) is 0 Å². The fraction of sp³-hybridized carbons (Fsp3) is 0.238. The fourth-order valence-corrected chi connectivity index (χ4v) is 3.50. The number of benzene rings is 2. The maximum Gasteiger partial charge on any atom is 0.337 e. The van der Waals surface area contributed by atoms with Crippen LogP contribution in [0, 0.1) is 0 Å². The lowest BCUT2D eigenvalue weighted by Gasteiger charge is -2.23. The molecule has 4 rings (SSSR count). The van der Waals surface area contributed by atoms with Crippen LogP contribution in [0.25, 0.3) is 16.9 Å². The van der Waals surface area contributed by atoms with E-state index in [0.717, 1.165) is 42.1 Å². The molecule has 27 heavy (non-hydrogen) atoms. The zero-order chi connectivity index (χ0) is 19.0. The van der Waals surface area contributed by atoms with E-state index >= 15 is 0 Å². The number of hydrogen-bond acceptors (Lipinski definition) is 5. The Bertz CT molecular complexity index is 975. The molecule has 6 nitrogen and oxygen atoms in total. The van der Waals surface area contributed by atoms with E-state index in [1.165, 1.54) is 18.4 Å². The van der Waals surface area contributed by atoms with Crippen LogP contribution in [0.3, 0.4) is 0 Å². The third kappa shape index (κ3) is 3.19. The molecule has 2 N–H and O–H groups in total. The second-order valence-electron chi connectivity index (χ2n) is 6.83. The predicted molar refractivity (Wildman–Crippen MR) is 105 cm³/mol. The summed E-state index contributed by atoms with van der Waals surface area (Å²) < 4.78 is 6.77. The standard InChI is InChI=1S/C21H22N4O2/c1-24-12-11-19-18(13-24)20(14-3-7-16(22)8-4-14)23-25(19)17-9-5-15(6-10-17)21(26)27-2/h3-10H,11-13,22H2,1-2H3. The van der Waals surface area contributed by atoms with Crippen LogP contribution >= 0.6 is 0 Å². The van der Waals surface area contributed by atoms with Crippen molar-refractivity contribution in [1.82, 2.24) is 14.7 Å². The van der Waals surface area contributed by atoms with Gasteiger partial charge in [0.05, 0.1) is 29.7 Å². The molecule has 0 saturated carbocycles. The zero-order valence-electron chi connectivity index (χ0n) is 15.5. The van der Waals surface area contributed by atoms with E-state index in [2.05, 4.69) is 11.9 Å². The van der Waals surface area contributed by atoms with Crippen molar-refractivity contribution in [2.24, 2.45) is 0 Å². The molecule has 0 aliphatic carbocycles. The molecule has 0 spiro atoms. The van der Waals surface area contributed by atoms with Gasteiger partial charge in [0.1, 0.15) is 0 Å². The molecule has 2 heterocycles. The lowest BCUT2D eigenvalue weighted by Crippen LogP contribution is -2.27. The highest BCUT2D eigenvalue weighted by molar-refractivity contribution is 5.89. The number of rotatable bonds is 3. The Morgan fingerprint density at radius 1 is 1.11 bits per heavy atom. The number of ether oxygens (including phenoxy) is 1. The van der Waals surface area contributed by atoms with E-state index < -0.39 is 0 Å². The lowest BCUT2D eigenvalue weighted by atomic mass is 10.0. The van der Waals surface area contributed by atoms with Gasteiger partial charge in [-0.25, -0.2) is 9.48 Å². The van der Waals surface area contributed by atoms with Crippen molar-refractivity contribution in [3.05, 3.63) is 65.4 Å². The minimum atomic E-state index is -0.340. The Labute approximate surface area is 158 Å². The van der Waals surface area contributed by atoms with Crippen molar-refractivity contribution in [3.63, 3.8) is 0 Å². The summed E-state index contributed by atoms with van der Waals surface area (Å²) >= 11 is 0. The average Bonchev–Trinajstić information content (AvgIpc) is 3.06. The van der Waals surface area contributed by atoms with Crippen LogP contribution in [-0.2, 0) is 17.7 Å². The molecule has 0 saturated heterocycles. The SMILES string of the molecule is COC(=O)c1ccc(-n2nc(-c3ccc(N)cc3)c3c2CCN(C)C3)cc1. The van der Waals surface area contributed by atoms with E-state index in [4.69, 9.17) is 15.6 Å². The fourth-order valence-electron chi connectivity index (χ4n) is 3.50. The molecule has 0 unspecified atom stereocenters. The summed E-state index contributed by atoms with van der Waals surface area (Å²) in [7, 11) is 3.51. The van der Waals surface area contributed by atoms with Gasteiger partial charge in [-0.05, 0) is 43.4 Å². The number of methoxy groups -OCH3 is 1. The Morgan fingerprint density at radius 2 is 1.81 bits per heavy atom. The number of esters is 1. The molecule has 1 aliphatic rings. The molecule has 0 atom stereocenters. The first-order chi connectivity index (χ1) is 13.1. The number of fused-ring (bicyclic) bond motifs is 1. The molecule has 3 aromatic rings. The van der Waals surface area contributed by atoms with Gasteiger partial charge < -0.3 is 15.4 Å². The molecule has 1 aromatic heterocycles. The van der Waals surface area contributed by atoms with E-state index in [1.807, 2.05) is 41.1 Å². The van der Waals surface area contributed by atoms with Crippen molar-refractivity contribution in [2.45, 2.75) is 13.0 Å². The minimum Gasteiger partial charge on any atom is -0.465 e. The maximum atomic E-state index is 11.7. The molecule has 0 radical (unpaired) electrons. The number of anilines is 1. The highest BCUT2D eigenvalue weighted by atomic mass is 16.5. The molecular formula is C21H22N4O2. The predicted octanol–water partition coefficient (Wildman–Crippen LogP) is 2.90. The normalized spacial score (nSPS) is 14.0. The number of nitrogens with two attached hydrogens (primary N) is 1. The van der Waals surface area contributed by atoms with Gasteiger partial charge in [0.2, 0.25) is 0 Å². The summed E-state index contributed by atoms with van der Waals surface area (Å²) in [6.07, 6.45) is 0.923. The summed E-state index contributed by atoms with van der Waals surface area (Å²) in [6.45, 7) is 1.84. The second kappa shape index (κ2) is 6.89. The van der Waals surface area contributed by atoms with Crippen molar-refractivity contribution in [2.75, 3.05) is 26.4 Å². The van der Waals surface area contributed by atoms with Gasteiger partial charge in [-0.2, -0.15) is 5.10 Å². The van der Waals surface area contributed by atoms with Crippen LogP contribution in [0.5, 0.6) is 0 Å². The number of aromatic nitrogens is 2. The monoisotopic (exact) mass is 362 g/mol. The van der Waals surface area contributed by atoms with Crippen molar-refractivity contribution in [1.29, 1.82) is 0 Å². The zero-order valence-corrected chi connectivity index (χ0v) is 15.5. The molecule has 0 fully saturated rings. The Balaban J connectivity index is 1.80. The van der Waals surface area contributed by atoms with Gasteiger partial charge in [0, 0.05) is 36.3 Å². The Hall–Kier alpha value is -3.12. The largest absolute Gasteiger partial charge is 0.465 e. The molecule has 0 bridgehead atoms. The third-order valence-corrected chi connectivity index (χ3v) is 4.97. The topological polar surface area (TPSA) is 73.4 Å². The molecule has 6 heteroatoms. The van der Waals surface area contributed by atoms with Crippen LogP contribution in [0.15, 0.2) is 48.5 Å². The minimum absolute atomic E-state index is 0.340. The number of carbonyl (C=O) groups excluding carboxylic acids is 1. The van der Waals surface area contributed by atoms with Crippen molar-refractivity contribution in [3.8, 4) is 16.9 Å². The van der Waals surface area contributed by atoms with E-state index in [9.17, 15) is 4.79 Å². The van der Waals surface area contributed by atoms with E-state index in [0.29, 0.717) is 5.56 Å². The average molecular weight is 362 g/mol. The van der Waals surface area contributed by atoms with E-state index in [-0.39, 0.29) is 5.97 Å². The first kappa shape index (κ1) is 17.3. The molecule has 0 amide bonds. The number of nitrogen functional groups attached to an aromatic ring is 1. The molecule has 138 valence electrons. The van der Waals surface area contributed by atoms with Gasteiger partial charge >= 0.3 is 5.97 Å². The summed E-state index contributed by atoms with van der Waals surface area (Å²) in [5, 5.41) is 4.92. The maximum absolute atomic E-state index is 11.7. The van der Waals surface area contributed by atoms with Gasteiger partial charge in [-0.1, -0.05) is 12.1 Å². The number of nitrogens with zero attached hydrogens (tertiary/aromatic N) is 3. The highest BCUT2D eigenvalue weighted by Gasteiger charge is 2.24. The first-order valence-electron chi connectivity index (χ1n) is 8.91. The summed E-state index contributed by atoms with van der Waals surface area (Å²) in [5.74, 6) is -0.340. The van der Waals surface area contributed by atoms with Crippen LogP contribution in [0.2, 0.25) is 0 Å². The quantitative estimate of drug-likeness (QED) is 0.573. The van der Waals surface area contributed by atoms with E-state index in [1.54, 1.807) is 12.1 Å². The summed E-state index contributed by atoms with van der Waals surface area (Å²) in [4.78, 5) is 14.0. The van der Waals surface area contributed by atoms with Gasteiger partial charge in [-0.3, -0.25) is 0 Å². The number of likely N-dealkylation sites (N-methyl/N-ethyl adjacent to an activating group) is 1. The Morgan fingerprint density at radius 3 is 2.48 bits per heavy atom.